The molecule has 12 heavy (non-hydrogen) atoms. The van der Waals surface area contributed by atoms with E-state index in [9.17, 15) is 9.36 Å². The van der Waals surface area contributed by atoms with E-state index in [4.69, 9.17) is 20.0 Å². The number of aliphatic hydroxyl groups excluding tert-OH is 2. The molecule has 0 spiro atoms. The lowest BCUT2D eigenvalue weighted by Gasteiger charge is -2.15. The second kappa shape index (κ2) is 4.11. The first kappa shape index (κ1) is 11.7. The zero-order chi connectivity index (χ0) is 9.94. The largest absolute Gasteiger partial charge is 0.389 e. The summed E-state index contributed by atoms with van der Waals surface area (Å²) >= 11 is 0. The maximum absolute atomic E-state index is 10.4. The normalized spacial score (nSPS) is 17.1. The number of hydrogen-bond acceptors (Lipinski definition) is 4. The summed E-state index contributed by atoms with van der Waals surface area (Å²) in [4.78, 5) is 27.1. The van der Waals surface area contributed by atoms with E-state index in [0.717, 1.165) is 6.92 Å². The van der Waals surface area contributed by atoms with E-state index in [2.05, 4.69) is 0 Å². The highest BCUT2D eigenvalue weighted by Crippen LogP contribution is 2.35. The van der Waals surface area contributed by atoms with Crippen LogP contribution in [0.4, 0.5) is 0 Å². The van der Waals surface area contributed by atoms with Crippen LogP contribution in [-0.4, -0.2) is 44.2 Å². The Kier molecular flexibility index (Phi) is 4.02. The van der Waals surface area contributed by atoms with Crippen LogP contribution in [0.2, 0.25) is 0 Å². The molecule has 72 valence electrons. The van der Waals surface area contributed by atoms with Crippen molar-refractivity contribution in [3.63, 3.8) is 0 Å². The predicted molar refractivity (Wildman–Crippen MR) is 39.6 cm³/mol. The van der Waals surface area contributed by atoms with E-state index >= 15 is 0 Å². The molecule has 0 saturated heterocycles. The quantitative estimate of drug-likeness (QED) is 0.407. The van der Waals surface area contributed by atoms with Gasteiger partial charge in [-0.1, -0.05) is 0 Å². The first-order chi connectivity index (χ1) is 5.24. The molecule has 0 aromatic carbocycles. The monoisotopic (exact) mass is 198 g/mol. The summed E-state index contributed by atoms with van der Waals surface area (Å²) in [5.74, 6) is -0.726. The van der Waals surface area contributed by atoms with Gasteiger partial charge in [0.25, 0.3) is 0 Å². The maximum Gasteiger partial charge on any atom is 0.328 e. The van der Waals surface area contributed by atoms with Gasteiger partial charge in [0.2, 0.25) is 0 Å². The van der Waals surface area contributed by atoms with E-state index in [-0.39, 0.29) is 0 Å². The predicted octanol–water partition coefficient (Wildman–Crippen LogP) is -1.53. The molecular weight excluding hydrogens is 187 g/mol. The Morgan fingerprint density at radius 1 is 1.42 bits per heavy atom. The summed E-state index contributed by atoms with van der Waals surface area (Å²) in [6.45, 7) is 1.02. The highest BCUT2D eigenvalue weighted by Gasteiger charge is 2.27. The van der Waals surface area contributed by atoms with Crippen LogP contribution in [0, 0.1) is 0 Å². The van der Waals surface area contributed by atoms with Crippen LogP contribution < -0.4 is 0 Å². The van der Waals surface area contributed by atoms with Crippen molar-refractivity contribution in [2.45, 2.75) is 19.1 Å². The molecule has 2 atom stereocenters. The third-order valence-corrected chi connectivity index (χ3v) is 2.06. The second-order valence-electron chi connectivity index (χ2n) is 2.47. The van der Waals surface area contributed by atoms with Crippen molar-refractivity contribution < 1.29 is 29.4 Å². The molecule has 0 fully saturated rings. The third-order valence-electron chi connectivity index (χ3n) is 1.21. The number of carbonyl (C=O) groups excluding carboxylic acids is 1. The van der Waals surface area contributed by atoms with Gasteiger partial charge in [0.05, 0.1) is 12.3 Å². The molecule has 0 heterocycles. The molecular formula is C5H11O6P. The Morgan fingerprint density at radius 3 is 2.08 bits per heavy atom. The first-order valence-corrected chi connectivity index (χ1v) is 4.95. The number of Topliss-reactive ketones (excluding diaryl/α,β-unsaturated/α-hetero) is 1. The van der Waals surface area contributed by atoms with Crippen molar-refractivity contribution in [2.75, 3.05) is 6.16 Å². The van der Waals surface area contributed by atoms with Crippen LogP contribution in [0.3, 0.4) is 0 Å². The Bertz CT molecular complexity index is 208. The van der Waals surface area contributed by atoms with Crippen LogP contribution in [0.5, 0.6) is 0 Å². The van der Waals surface area contributed by atoms with Gasteiger partial charge in [-0.25, -0.2) is 0 Å². The number of carbonyl (C=O) groups is 1. The van der Waals surface area contributed by atoms with Gasteiger partial charge >= 0.3 is 7.60 Å². The SMILES string of the molecule is CC(=O)C(O)C(O)CP(=O)(O)O. The van der Waals surface area contributed by atoms with E-state index < -0.39 is 31.7 Å². The Balaban J connectivity index is 4.13. The lowest BCUT2D eigenvalue weighted by Crippen LogP contribution is -2.34. The van der Waals surface area contributed by atoms with Crippen LogP contribution in [0.1, 0.15) is 6.92 Å². The number of rotatable bonds is 4. The molecule has 0 aromatic heterocycles. The fourth-order valence-electron chi connectivity index (χ4n) is 0.614. The van der Waals surface area contributed by atoms with Gasteiger partial charge in [0, 0.05) is 0 Å². The molecule has 0 bridgehead atoms. The van der Waals surface area contributed by atoms with Gasteiger partial charge in [-0.2, -0.15) is 0 Å². The van der Waals surface area contributed by atoms with Gasteiger partial charge in [0.15, 0.2) is 5.78 Å². The molecule has 0 saturated carbocycles. The van der Waals surface area contributed by atoms with Crippen LogP contribution in [0.15, 0.2) is 0 Å². The molecule has 0 aliphatic carbocycles. The summed E-state index contributed by atoms with van der Waals surface area (Å²) in [5, 5.41) is 17.7. The average molecular weight is 198 g/mol. The topological polar surface area (TPSA) is 115 Å². The molecule has 6 nitrogen and oxygen atoms in total. The fraction of sp³-hybridized carbons (Fsp3) is 0.800. The van der Waals surface area contributed by atoms with E-state index in [1.807, 2.05) is 0 Å². The fourth-order valence-corrected chi connectivity index (χ4v) is 1.30. The van der Waals surface area contributed by atoms with Gasteiger partial charge in [-0.05, 0) is 6.92 Å². The van der Waals surface area contributed by atoms with Gasteiger partial charge in [-0.15, -0.1) is 0 Å². The average Bonchev–Trinajstić information content (AvgIpc) is 1.82. The lowest BCUT2D eigenvalue weighted by molar-refractivity contribution is -0.129. The first-order valence-electron chi connectivity index (χ1n) is 3.15. The molecule has 2 unspecified atom stereocenters. The lowest BCUT2D eigenvalue weighted by atomic mass is 10.2. The third kappa shape index (κ3) is 4.58. The second-order valence-corrected chi connectivity index (χ2v) is 4.16. The van der Waals surface area contributed by atoms with Crippen LogP contribution in [0.25, 0.3) is 0 Å². The minimum absolute atomic E-state index is 0.726. The number of hydrogen-bond donors (Lipinski definition) is 4. The summed E-state index contributed by atoms with van der Waals surface area (Å²) < 4.78 is 10.3. The summed E-state index contributed by atoms with van der Waals surface area (Å²) in [7, 11) is -4.38. The standard InChI is InChI=1S/C5H11O6P/c1-3(6)5(8)4(7)2-12(9,10)11/h4-5,7-8H,2H2,1H3,(H2,9,10,11). The van der Waals surface area contributed by atoms with Crippen molar-refractivity contribution in [3.05, 3.63) is 0 Å². The van der Waals surface area contributed by atoms with Crippen molar-refractivity contribution >= 4 is 13.4 Å². The van der Waals surface area contributed by atoms with Crippen molar-refractivity contribution in [3.8, 4) is 0 Å². The highest BCUT2D eigenvalue weighted by atomic mass is 31.2. The Labute approximate surface area is 69.0 Å². The van der Waals surface area contributed by atoms with Gasteiger partial charge in [-0.3, -0.25) is 9.36 Å². The summed E-state index contributed by atoms with van der Waals surface area (Å²) in [6, 6.07) is 0. The molecule has 4 N–H and O–H groups in total. The molecule has 0 aliphatic rings. The molecule has 7 heteroatoms. The van der Waals surface area contributed by atoms with Crippen molar-refractivity contribution in [2.24, 2.45) is 0 Å². The van der Waals surface area contributed by atoms with E-state index in [0.29, 0.717) is 0 Å². The smallest absolute Gasteiger partial charge is 0.328 e. The summed E-state index contributed by atoms with van der Waals surface area (Å²) in [6.07, 6.45) is -4.34. The zero-order valence-corrected chi connectivity index (χ0v) is 7.31. The van der Waals surface area contributed by atoms with Crippen molar-refractivity contribution in [1.82, 2.24) is 0 Å². The number of ketones is 1. The maximum atomic E-state index is 10.4. The van der Waals surface area contributed by atoms with Crippen molar-refractivity contribution in [1.29, 1.82) is 0 Å². The molecule has 0 amide bonds. The van der Waals surface area contributed by atoms with Gasteiger partial charge < -0.3 is 20.0 Å². The van der Waals surface area contributed by atoms with Crippen LogP contribution in [-0.2, 0) is 9.36 Å². The van der Waals surface area contributed by atoms with Crippen LogP contribution >= 0.6 is 7.60 Å². The minimum atomic E-state index is -4.38. The highest BCUT2D eigenvalue weighted by molar-refractivity contribution is 7.51. The minimum Gasteiger partial charge on any atom is -0.389 e. The molecule has 0 rings (SSSR count). The van der Waals surface area contributed by atoms with E-state index in [1.54, 1.807) is 0 Å². The van der Waals surface area contributed by atoms with Gasteiger partial charge in [0.1, 0.15) is 6.10 Å². The van der Waals surface area contributed by atoms with E-state index in [1.165, 1.54) is 0 Å². The summed E-state index contributed by atoms with van der Waals surface area (Å²) in [5.41, 5.74) is 0. The molecule has 0 radical (unpaired) electrons. The Hall–Kier alpha value is -0.260. The molecule has 0 aromatic rings. The Morgan fingerprint density at radius 2 is 1.83 bits per heavy atom. The molecule has 0 aliphatic heterocycles. The number of aliphatic hydroxyl groups is 2. The zero-order valence-electron chi connectivity index (χ0n) is 6.41.